The zero-order chi connectivity index (χ0) is 17.3. The molecule has 0 saturated carbocycles. The van der Waals surface area contributed by atoms with Gasteiger partial charge in [0.2, 0.25) is 5.91 Å². The van der Waals surface area contributed by atoms with Crippen LogP contribution in [0, 0.1) is 0 Å². The second-order valence-corrected chi connectivity index (χ2v) is 6.67. The quantitative estimate of drug-likeness (QED) is 0.923. The van der Waals surface area contributed by atoms with Gasteiger partial charge in [-0.15, -0.1) is 0 Å². The first-order valence-corrected chi connectivity index (χ1v) is 8.46. The number of hydrogen-bond acceptors (Lipinski definition) is 4. The van der Waals surface area contributed by atoms with Crippen LogP contribution in [0.1, 0.15) is 43.1 Å². The molecule has 2 aromatic heterocycles. The molecule has 0 aliphatic carbocycles. The van der Waals surface area contributed by atoms with Gasteiger partial charge in [-0.25, -0.2) is 0 Å². The summed E-state index contributed by atoms with van der Waals surface area (Å²) in [6.45, 7) is 2.08. The average Bonchev–Trinajstić information content (AvgIpc) is 2.97. The Bertz CT molecular complexity index is 731. The molecular formula is C17H22ClN5O. The fraction of sp³-hybridized carbons (Fsp3) is 0.471. The Kier molecular flexibility index (Phi) is 4.87. The van der Waals surface area contributed by atoms with Crippen LogP contribution in [0.5, 0.6) is 0 Å². The van der Waals surface area contributed by atoms with E-state index in [-0.39, 0.29) is 24.0 Å². The predicted molar refractivity (Wildman–Crippen MR) is 92.5 cm³/mol. The number of hydrogen-bond donors (Lipinski definition) is 1. The molecule has 1 N–H and O–H groups in total. The van der Waals surface area contributed by atoms with E-state index in [1.54, 1.807) is 18.6 Å². The topological polar surface area (TPSA) is 63.1 Å². The number of likely N-dealkylation sites (tertiary alicyclic amines) is 1. The minimum Gasteiger partial charge on any atom is -0.336 e. The summed E-state index contributed by atoms with van der Waals surface area (Å²) < 4.78 is 1.83. The molecule has 1 aliphatic heterocycles. The summed E-state index contributed by atoms with van der Waals surface area (Å²) in [5.74, 6) is 0.161. The lowest BCUT2D eigenvalue weighted by Crippen LogP contribution is -2.50. The molecule has 7 heteroatoms. The van der Waals surface area contributed by atoms with Crippen LogP contribution in [0.15, 0.2) is 30.7 Å². The monoisotopic (exact) mass is 347 g/mol. The highest BCUT2D eigenvalue weighted by atomic mass is 35.5. The number of piperidine rings is 1. The summed E-state index contributed by atoms with van der Waals surface area (Å²) in [7, 11) is 3.76. The Morgan fingerprint density at radius 1 is 1.33 bits per heavy atom. The Morgan fingerprint density at radius 2 is 2.12 bits per heavy atom. The number of amides is 1. The zero-order valence-corrected chi connectivity index (χ0v) is 14.9. The highest BCUT2D eigenvalue weighted by Crippen LogP contribution is 2.32. The first kappa shape index (κ1) is 16.9. The molecule has 1 unspecified atom stereocenters. The lowest BCUT2D eigenvalue weighted by molar-refractivity contribution is -0.136. The SMILES string of the molecule is CC(N[C@@H]1CCC(=O)N(C)[C@H]1c1ccnn1C)c1ccncc1Cl. The van der Waals surface area contributed by atoms with E-state index in [1.165, 1.54) is 0 Å². The number of likely N-dealkylation sites (N-methyl/N-ethyl adjacent to an activating group) is 1. The Labute approximate surface area is 146 Å². The second kappa shape index (κ2) is 6.91. The maximum atomic E-state index is 12.2. The fourth-order valence-corrected chi connectivity index (χ4v) is 3.72. The van der Waals surface area contributed by atoms with Crippen molar-refractivity contribution in [3.05, 3.63) is 47.0 Å². The van der Waals surface area contributed by atoms with Crippen molar-refractivity contribution in [2.75, 3.05) is 7.05 Å². The van der Waals surface area contributed by atoms with E-state index in [0.717, 1.165) is 17.7 Å². The van der Waals surface area contributed by atoms with Crippen molar-refractivity contribution >= 4 is 17.5 Å². The molecule has 0 bridgehead atoms. The largest absolute Gasteiger partial charge is 0.336 e. The first-order valence-electron chi connectivity index (χ1n) is 8.08. The van der Waals surface area contributed by atoms with Crippen molar-refractivity contribution in [2.45, 2.75) is 37.9 Å². The van der Waals surface area contributed by atoms with Crippen LogP contribution in [0.25, 0.3) is 0 Å². The van der Waals surface area contributed by atoms with E-state index in [2.05, 4.69) is 22.3 Å². The summed E-state index contributed by atoms with van der Waals surface area (Å²) >= 11 is 6.27. The van der Waals surface area contributed by atoms with E-state index < -0.39 is 0 Å². The number of carbonyl (C=O) groups excluding carboxylic acids is 1. The van der Waals surface area contributed by atoms with Gasteiger partial charge in [-0.2, -0.15) is 5.10 Å². The zero-order valence-electron chi connectivity index (χ0n) is 14.1. The fourth-order valence-electron chi connectivity index (χ4n) is 3.44. The number of aryl methyl sites for hydroxylation is 1. The summed E-state index contributed by atoms with van der Waals surface area (Å²) in [6, 6.07) is 4.03. The van der Waals surface area contributed by atoms with Crippen molar-refractivity contribution in [3.8, 4) is 0 Å². The van der Waals surface area contributed by atoms with Gasteiger partial charge < -0.3 is 10.2 Å². The van der Waals surface area contributed by atoms with Crippen LogP contribution in [0.4, 0.5) is 0 Å². The van der Waals surface area contributed by atoms with Crippen molar-refractivity contribution in [1.82, 2.24) is 25.0 Å². The molecule has 3 heterocycles. The minimum atomic E-state index is -0.0539. The van der Waals surface area contributed by atoms with Gasteiger partial charge in [0, 0.05) is 51.2 Å². The highest BCUT2D eigenvalue weighted by molar-refractivity contribution is 6.31. The third kappa shape index (κ3) is 3.16. The Morgan fingerprint density at radius 3 is 2.79 bits per heavy atom. The summed E-state index contributed by atoms with van der Waals surface area (Å²) in [5, 5.41) is 8.55. The van der Waals surface area contributed by atoms with Crippen molar-refractivity contribution in [1.29, 1.82) is 0 Å². The lowest BCUT2D eigenvalue weighted by Gasteiger charge is -2.40. The normalized spacial score (nSPS) is 22.7. The van der Waals surface area contributed by atoms with Gasteiger partial charge >= 0.3 is 0 Å². The smallest absolute Gasteiger partial charge is 0.222 e. The standard InChI is InChI=1S/C17H22ClN5O/c1-11(12-6-8-19-10-13(12)18)21-14-4-5-16(24)22(2)17(14)15-7-9-20-23(15)3/h6-11,14,17,21H,4-5H2,1-3H3/t11?,14-,17-/m1/s1. The van der Waals surface area contributed by atoms with Crippen LogP contribution >= 0.6 is 11.6 Å². The van der Waals surface area contributed by atoms with E-state index in [0.29, 0.717) is 11.4 Å². The van der Waals surface area contributed by atoms with Crippen LogP contribution < -0.4 is 5.32 Å². The van der Waals surface area contributed by atoms with Gasteiger partial charge in [-0.1, -0.05) is 11.6 Å². The van der Waals surface area contributed by atoms with Crippen molar-refractivity contribution in [2.24, 2.45) is 7.05 Å². The predicted octanol–water partition coefficient (Wildman–Crippen LogP) is 2.48. The Hall–Kier alpha value is -1.92. The number of nitrogens with zero attached hydrogens (tertiary/aromatic N) is 4. The van der Waals surface area contributed by atoms with E-state index >= 15 is 0 Å². The average molecular weight is 348 g/mol. The molecule has 6 nitrogen and oxygen atoms in total. The van der Waals surface area contributed by atoms with E-state index in [4.69, 9.17) is 11.6 Å². The van der Waals surface area contributed by atoms with Crippen LogP contribution in [-0.4, -0.2) is 38.7 Å². The third-order valence-electron chi connectivity index (χ3n) is 4.76. The molecule has 3 rings (SSSR count). The highest BCUT2D eigenvalue weighted by Gasteiger charge is 2.36. The number of pyridine rings is 1. The molecule has 1 saturated heterocycles. The van der Waals surface area contributed by atoms with Gasteiger partial charge in [0.05, 0.1) is 16.8 Å². The molecule has 1 fully saturated rings. The van der Waals surface area contributed by atoms with Gasteiger partial charge in [-0.05, 0) is 31.0 Å². The maximum Gasteiger partial charge on any atom is 0.222 e. The van der Waals surface area contributed by atoms with Gasteiger partial charge in [0.25, 0.3) is 0 Å². The number of halogens is 1. The number of rotatable bonds is 4. The molecule has 1 aliphatic rings. The molecule has 128 valence electrons. The Balaban J connectivity index is 1.86. The van der Waals surface area contributed by atoms with Crippen LogP contribution in [0.3, 0.4) is 0 Å². The molecule has 0 spiro atoms. The van der Waals surface area contributed by atoms with Crippen molar-refractivity contribution in [3.63, 3.8) is 0 Å². The molecule has 0 aromatic carbocycles. The number of carbonyl (C=O) groups is 1. The number of nitrogens with one attached hydrogen (secondary N) is 1. The first-order chi connectivity index (χ1) is 11.5. The van der Waals surface area contributed by atoms with Gasteiger partial charge in [0.1, 0.15) is 0 Å². The number of aromatic nitrogens is 3. The molecular weight excluding hydrogens is 326 g/mol. The molecule has 2 aromatic rings. The van der Waals surface area contributed by atoms with Crippen molar-refractivity contribution < 1.29 is 4.79 Å². The summed E-state index contributed by atoms with van der Waals surface area (Å²) in [4.78, 5) is 18.1. The molecule has 0 radical (unpaired) electrons. The van der Waals surface area contributed by atoms with Crippen LogP contribution in [-0.2, 0) is 11.8 Å². The third-order valence-corrected chi connectivity index (χ3v) is 5.07. The summed E-state index contributed by atoms with van der Waals surface area (Å²) in [5.41, 5.74) is 2.03. The molecule has 24 heavy (non-hydrogen) atoms. The molecule has 3 atom stereocenters. The van der Waals surface area contributed by atoms with Gasteiger partial charge in [-0.3, -0.25) is 14.5 Å². The van der Waals surface area contributed by atoms with E-state index in [1.807, 2.05) is 35.8 Å². The van der Waals surface area contributed by atoms with Gasteiger partial charge in [0.15, 0.2) is 0 Å². The van der Waals surface area contributed by atoms with Crippen LogP contribution in [0.2, 0.25) is 5.02 Å². The maximum absolute atomic E-state index is 12.2. The lowest BCUT2D eigenvalue weighted by atomic mass is 9.92. The minimum absolute atomic E-state index is 0.0539. The molecule has 1 amide bonds. The summed E-state index contributed by atoms with van der Waals surface area (Å²) in [6.07, 6.45) is 6.49. The second-order valence-electron chi connectivity index (χ2n) is 6.26. The van der Waals surface area contributed by atoms with E-state index in [9.17, 15) is 4.79 Å².